The van der Waals surface area contributed by atoms with Crippen molar-refractivity contribution in [2.24, 2.45) is 0 Å². The number of carbonyl (C=O) groups excluding carboxylic acids is 1. The van der Waals surface area contributed by atoms with Crippen LogP contribution in [0.25, 0.3) is 0 Å². The van der Waals surface area contributed by atoms with Gasteiger partial charge in [0.05, 0.1) is 23.1 Å². The van der Waals surface area contributed by atoms with Gasteiger partial charge < -0.3 is 10.2 Å². The lowest BCUT2D eigenvalue weighted by Gasteiger charge is -2.51. The zero-order chi connectivity index (χ0) is 21.1. The van der Waals surface area contributed by atoms with E-state index in [0.29, 0.717) is 6.54 Å². The first-order valence-electron chi connectivity index (χ1n) is 9.96. The van der Waals surface area contributed by atoms with Crippen molar-refractivity contribution in [2.75, 3.05) is 32.6 Å². The normalized spacial score (nSPS) is 24.3. The van der Waals surface area contributed by atoms with Crippen molar-refractivity contribution in [3.8, 4) is 0 Å². The van der Waals surface area contributed by atoms with E-state index in [-0.39, 0.29) is 16.4 Å². The number of carbonyl (C=O) groups is 1. The highest BCUT2D eigenvalue weighted by molar-refractivity contribution is 6.28. The van der Waals surface area contributed by atoms with E-state index in [1.165, 1.54) is 5.56 Å². The largest absolute Gasteiger partial charge is 0.370 e. The molecular formula is C22H30ClN5O. The molecule has 0 spiro atoms. The molecule has 1 aromatic heterocycles. The van der Waals surface area contributed by atoms with E-state index < -0.39 is 0 Å². The van der Waals surface area contributed by atoms with Gasteiger partial charge in [-0.3, -0.25) is 9.69 Å². The van der Waals surface area contributed by atoms with E-state index in [2.05, 4.69) is 69.5 Å². The number of aryl methyl sites for hydroxylation is 1. The molecule has 1 heterocycles. The van der Waals surface area contributed by atoms with Crippen LogP contribution in [0.2, 0.25) is 5.28 Å². The summed E-state index contributed by atoms with van der Waals surface area (Å²) >= 11 is 5.91. The summed E-state index contributed by atoms with van der Waals surface area (Å²) < 4.78 is 0. The summed E-state index contributed by atoms with van der Waals surface area (Å²) in [4.78, 5) is 24.3. The van der Waals surface area contributed by atoms with Crippen LogP contribution in [0.1, 0.15) is 36.9 Å². The molecule has 3 rings (SSSR count). The molecule has 0 saturated heterocycles. The van der Waals surface area contributed by atoms with Gasteiger partial charge >= 0.3 is 0 Å². The lowest BCUT2D eigenvalue weighted by atomic mass is 9.68. The number of benzene rings is 1. The van der Waals surface area contributed by atoms with Crippen molar-refractivity contribution in [1.29, 1.82) is 0 Å². The summed E-state index contributed by atoms with van der Waals surface area (Å²) in [6.07, 6.45) is 6.29. The summed E-state index contributed by atoms with van der Waals surface area (Å²) in [5.74, 6) is 0. The second kappa shape index (κ2) is 8.67. The van der Waals surface area contributed by atoms with Gasteiger partial charge in [-0.05, 0) is 63.9 Å². The van der Waals surface area contributed by atoms with Crippen LogP contribution in [0.5, 0.6) is 0 Å². The van der Waals surface area contributed by atoms with Crippen molar-refractivity contribution < 1.29 is 4.79 Å². The first-order chi connectivity index (χ1) is 13.8. The van der Waals surface area contributed by atoms with Crippen LogP contribution in [0.4, 0.5) is 5.69 Å². The fourth-order valence-corrected chi connectivity index (χ4v) is 4.88. The number of nitrogens with zero attached hydrogens (tertiary/aromatic N) is 4. The van der Waals surface area contributed by atoms with E-state index >= 15 is 0 Å². The summed E-state index contributed by atoms with van der Waals surface area (Å²) in [6.45, 7) is 2.61. The van der Waals surface area contributed by atoms with E-state index in [1.54, 1.807) is 6.20 Å². The average Bonchev–Trinajstić information content (AvgIpc) is 2.69. The molecule has 0 unspecified atom stereocenters. The topological polar surface area (TPSA) is 61.4 Å². The molecule has 1 amide bonds. The fourth-order valence-electron chi connectivity index (χ4n) is 4.70. The molecule has 0 aliphatic heterocycles. The van der Waals surface area contributed by atoms with E-state index in [4.69, 9.17) is 11.6 Å². The first kappa shape index (κ1) is 21.5. The Bertz CT molecular complexity index is 834. The maximum atomic E-state index is 11.5. The van der Waals surface area contributed by atoms with Crippen molar-refractivity contribution in [3.63, 3.8) is 0 Å². The highest BCUT2D eigenvalue weighted by Gasteiger charge is 2.45. The number of halogens is 1. The number of aromatic nitrogens is 2. The number of amides is 1. The third kappa shape index (κ3) is 4.38. The van der Waals surface area contributed by atoms with Crippen molar-refractivity contribution in [1.82, 2.24) is 20.2 Å². The van der Waals surface area contributed by atoms with Crippen LogP contribution in [-0.2, 0) is 10.3 Å². The predicted molar refractivity (Wildman–Crippen MR) is 117 cm³/mol. The maximum absolute atomic E-state index is 11.5. The minimum Gasteiger partial charge on any atom is -0.370 e. The number of hydrogen-bond acceptors (Lipinski definition) is 5. The van der Waals surface area contributed by atoms with Gasteiger partial charge in [0.15, 0.2) is 0 Å². The standard InChI is InChI=1S/C22H30ClN5O/c1-17-19(14-24-20(23)26-17)28(4)15-21(25-16-29)10-12-22(13-11-21,27(2)3)18-8-6-5-7-9-18/h5-9,14,16H,10-13,15H2,1-4H3,(H,25,29)/t21-,22+. The lowest BCUT2D eigenvalue weighted by molar-refractivity contribution is -0.112. The minimum absolute atomic E-state index is 0.0206. The number of rotatable bonds is 7. The summed E-state index contributed by atoms with van der Waals surface area (Å²) in [6, 6.07) is 10.7. The molecule has 0 bridgehead atoms. The molecule has 7 heteroatoms. The fraction of sp³-hybridized carbons (Fsp3) is 0.500. The maximum Gasteiger partial charge on any atom is 0.222 e. The third-order valence-corrected chi connectivity index (χ3v) is 6.62. The van der Waals surface area contributed by atoms with Gasteiger partial charge in [-0.1, -0.05) is 30.3 Å². The Hall–Kier alpha value is -2.18. The molecule has 1 aliphatic rings. The Kier molecular flexibility index (Phi) is 6.44. The average molecular weight is 416 g/mol. The smallest absolute Gasteiger partial charge is 0.222 e. The first-order valence-corrected chi connectivity index (χ1v) is 10.3. The number of hydrogen-bond donors (Lipinski definition) is 1. The Balaban J connectivity index is 1.83. The molecule has 1 aromatic carbocycles. The minimum atomic E-state index is -0.295. The SMILES string of the molecule is Cc1nc(Cl)ncc1N(C)C[C@]1(NC=O)CC[C@@](c2ccccc2)(N(C)C)CC1. The van der Waals surface area contributed by atoms with Gasteiger partial charge in [0, 0.05) is 19.1 Å². The van der Waals surface area contributed by atoms with Crippen LogP contribution < -0.4 is 10.2 Å². The lowest BCUT2D eigenvalue weighted by Crippen LogP contribution is -2.58. The van der Waals surface area contributed by atoms with Crippen LogP contribution in [-0.4, -0.2) is 54.5 Å². The summed E-state index contributed by atoms with van der Waals surface area (Å²) in [5.41, 5.74) is 2.77. The van der Waals surface area contributed by atoms with Gasteiger partial charge in [-0.15, -0.1) is 0 Å². The third-order valence-electron chi connectivity index (χ3n) is 6.44. The van der Waals surface area contributed by atoms with E-state index in [1.807, 2.05) is 14.0 Å². The number of likely N-dealkylation sites (N-methyl/N-ethyl adjacent to an activating group) is 1. The second-order valence-electron chi connectivity index (χ2n) is 8.30. The van der Waals surface area contributed by atoms with Gasteiger partial charge in [0.2, 0.25) is 11.7 Å². The molecule has 156 valence electrons. The molecule has 2 aromatic rings. The van der Waals surface area contributed by atoms with Crippen LogP contribution >= 0.6 is 11.6 Å². The Morgan fingerprint density at radius 3 is 2.34 bits per heavy atom. The van der Waals surface area contributed by atoms with Crippen molar-refractivity contribution in [3.05, 3.63) is 53.1 Å². The zero-order valence-corrected chi connectivity index (χ0v) is 18.4. The molecule has 1 saturated carbocycles. The molecule has 0 atom stereocenters. The van der Waals surface area contributed by atoms with Gasteiger partial charge in [0.1, 0.15) is 0 Å². The van der Waals surface area contributed by atoms with Gasteiger partial charge in [-0.2, -0.15) is 0 Å². The second-order valence-corrected chi connectivity index (χ2v) is 8.64. The molecule has 1 N–H and O–H groups in total. The monoisotopic (exact) mass is 415 g/mol. The van der Waals surface area contributed by atoms with Crippen LogP contribution in [0, 0.1) is 6.92 Å². The van der Waals surface area contributed by atoms with Gasteiger partial charge in [-0.25, -0.2) is 9.97 Å². The van der Waals surface area contributed by atoms with Crippen molar-refractivity contribution in [2.45, 2.75) is 43.7 Å². The molecule has 6 nitrogen and oxygen atoms in total. The number of nitrogens with one attached hydrogen (secondary N) is 1. The highest BCUT2D eigenvalue weighted by atomic mass is 35.5. The quantitative estimate of drug-likeness (QED) is 0.554. The molecule has 1 fully saturated rings. The predicted octanol–water partition coefficient (Wildman–Crippen LogP) is 3.39. The molecule has 29 heavy (non-hydrogen) atoms. The molecule has 0 radical (unpaired) electrons. The van der Waals surface area contributed by atoms with Gasteiger partial charge in [0.25, 0.3) is 0 Å². The van der Waals surface area contributed by atoms with Crippen molar-refractivity contribution >= 4 is 23.7 Å². The Morgan fingerprint density at radius 2 is 1.79 bits per heavy atom. The van der Waals surface area contributed by atoms with E-state index in [9.17, 15) is 4.79 Å². The zero-order valence-electron chi connectivity index (χ0n) is 17.7. The van der Waals surface area contributed by atoms with E-state index in [0.717, 1.165) is 43.5 Å². The van der Waals surface area contributed by atoms with Crippen LogP contribution in [0.3, 0.4) is 0 Å². The number of anilines is 1. The Labute approximate surface area is 178 Å². The highest BCUT2D eigenvalue weighted by Crippen LogP contribution is 2.44. The molecular weight excluding hydrogens is 386 g/mol. The van der Waals surface area contributed by atoms with Crippen LogP contribution in [0.15, 0.2) is 36.5 Å². The summed E-state index contributed by atoms with van der Waals surface area (Å²) in [5, 5.41) is 3.40. The summed E-state index contributed by atoms with van der Waals surface area (Å²) in [7, 11) is 6.31. The molecule has 1 aliphatic carbocycles. The Morgan fingerprint density at radius 1 is 1.14 bits per heavy atom.